The molecule has 32 heavy (non-hydrogen) atoms. The number of methoxy groups -OCH3 is 1. The van der Waals surface area contributed by atoms with Crippen molar-refractivity contribution in [2.75, 3.05) is 18.2 Å². The van der Waals surface area contributed by atoms with Crippen LogP contribution in [0.25, 0.3) is 0 Å². The molecule has 1 heterocycles. The first kappa shape index (κ1) is 23.3. The second-order valence-electron chi connectivity index (χ2n) is 7.15. The van der Waals surface area contributed by atoms with Gasteiger partial charge in [0, 0.05) is 12.2 Å². The Morgan fingerprint density at radius 3 is 2.41 bits per heavy atom. The molecule has 0 fully saturated rings. The third-order valence-electron chi connectivity index (χ3n) is 4.74. The van der Waals surface area contributed by atoms with Gasteiger partial charge in [0.25, 0.3) is 0 Å². The molecule has 0 saturated carbocycles. The number of hydrogen-bond acceptors (Lipinski definition) is 6. The van der Waals surface area contributed by atoms with Crippen LogP contribution >= 0.6 is 11.8 Å². The molecule has 0 atom stereocenters. The fourth-order valence-corrected chi connectivity index (χ4v) is 3.83. The molecule has 0 aliphatic rings. The summed E-state index contributed by atoms with van der Waals surface area (Å²) < 4.78 is 7.03. The number of nitrogens with zero attached hydrogens (tertiary/aromatic N) is 3. The number of nitrogens with one attached hydrogen (secondary N) is 2. The topological polar surface area (TPSA) is 98.1 Å². The highest BCUT2D eigenvalue weighted by Crippen LogP contribution is 2.18. The van der Waals surface area contributed by atoms with E-state index in [0.29, 0.717) is 17.5 Å². The number of hydrogen-bond donors (Lipinski definition) is 2. The van der Waals surface area contributed by atoms with E-state index in [4.69, 9.17) is 4.74 Å². The minimum atomic E-state index is -0.112. The number of amides is 2. The van der Waals surface area contributed by atoms with E-state index in [1.54, 1.807) is 7.11 Å². The van der Waals surface area contributed by atoms with E-state index < -0.39 is 0 Å². The summed E-state index contributed by atoms with van der Waals surface area (Å²) in [6.45, 7) is 4.88. The monoisotopic (exact) mass is 453 g/mol. The maximum Gasteiger partial charge on any atom is 0.234 e. The van der Waals surface area contributed by atoms with Crippen molar-refractivity contribution >= 4 is 29.3 Å². The minimum Gasteiger partial charge on any atom is -0.497 e. The predicted molar refractivity (Wildman–Crippen MR) is 125 cm³/mol. The molecule has 2 amide bonds. The maximum absolute atomic E-state index is 12.3. The average Bonchev–Trinajstić information content (AvgIpc) is 3.20. The van der Waals surface area contributed by atoms with Gasteiger partial charge in [0.1, 0.15) is 5.75 Å². The first-order chi connectivity index (χ1) is 15.5. The molecular weight excluding hydrogens is 426 g/mol. The van der Waals surface area contributed by atoms with Crippen molar-refractivity contribution in [1.29, 1.82) is 0 Å². The number of thioether (sulfide) groups is 1. The van der Waals surface area contributed by atoms with Gasteiger partial charge in [-0.05, 0) is 43.7 Å². The molecule has 0 unspecified atom stereocenters. The summed E-state index contributed by atoms with van der Waals surface area (Å²) in [4.78, 5) is 24.6. The Balaban J connectivity index is 1.50. The third kappa shape index (κ3) is 6.58. The average molecular weight is 454 g/mol. The van der Waals surface area contributed by atoms with Gasteiger partial charge < -0.3 is 19.9 Å². The van der Waals surface area contributed by atoms with Gasteiger partial charge in [-0.15, -0.1) is 10.2 Å². The molecule has 3 aromatic rings. The normalized spacial score (nSPS) is 10.6. The van der Waals surface area contributed by atoms with Crippen LogP contribution < -0.4 is 15.4 Å². The summed E-state index contributed by atoms with van der Waals surface area (Å²) in [6, 6.07) is 15.0. The van der Waals surface area contributed by atoms with Crippen LogP contribution in [-0.2, 0) is 29.1 Å². The second kappa shape index (κ2) is 11.3. The number of aromatic nitrogens is 3. The lowest BCUT2D eigenvalue weighted by Crippen LogP contribution is -2.26. The van der Waals surface area contributed by atoms with Gasteiger partial charge in [-0.2, -0.15) is 0 Å². The Hall–Kier alpha value is -3.33. The highest BCUT2D eigenvalue weighted by Gasteiger charge is 2.14. The van der Waals surface area contributed by atoms with Gasteiger partial charge in [0.2, 0.25) is 11.8 Å². The fraction of sp³-hybridized carbons (Fsp3) is 0.304. The van der Waals surface area contributed by atoms with Crippen molar-refractivity contribution in [2.24, 2.45) is 0 Å². The van der Waals surface area contributed by atoms with Crippen LogP contribution in [0, 0.1) is 6.92 Å². The molecule has 0 aliphatic heterocycles. The Morgan fingerprint density at radius 1 is 1.03 bits per heavy atom. The molecule has 0 bridgehead atoms. The lowest BCUT2D eigenvalue weighted by molar-refractivity contribution is -0.120. The molecule has 2 N–H and O–H groups in total. The molecule has 8 nitrogen and oxygen atoms in total. The predicted octanol–water partition coefficient (Wildman–Crippen LogP) is 3.20. The first-order valence-corrected chi connectivity index (χ1v) is 11.3. The number of carbonyl (C=O) groups is 2. The highest BCUT2D eigenvalue weighted by atomic mass is 32.2. The van der Waals surface area contributed by atoms with Crippen LogP contribution in [0.1, 0.15) is 23.9 Å². The molecule has 9 heteroatoms. The molecule has 0 aliphatic carbocycles. The number of anilines is 1. The van der Waals surface area contributed by atoms with E-state index in [1.165, 1.54) is 11.8 Å². The summed E-state index contributed by atoms with van der Waals surface area (Å²) in [7, 11) is 1.61. The Labute approximate surface area is 191 Å². The summed E-state index contributed by atoms with van der Waals surface area (Å²) in [6.07, 6.45) is 0.269. The van der Waals surface area contributed by atoms with Crippen LogP contribution in [0.4, 0.5) is 5.69 Å². The van der Waals surface area contributed by atoms with Crippen LogP contribution in [-0.4, -0.2) is 39.4 Å². The largest absolute Gasteiger partial charge is 0.497 e. The van der Waals surface area contributed by atoms with Crippen LogP contribution in [0.3, 0.4) is 0 Å². The van der Waals surface area contributed by atoms with Crippen LogP contribution in [0.2, 0.25) is 0 Å². The molecule has 0 spiro atoms. The van der Waals surface area contributed by atoms with Crippen LogP contribution in [0.5, 0.6) is 5.75 Å². The molecule has 0 saturated heterocycles. The summed E-state index contributed by atoms with van der Waals surface area (Å²) in [5.41, 5.74) is 2.80. The van der Waals surface area contributed by atoms with Crippen molar-refractivity contribution in [2.45, 2.75) is 38.5 Å². The van der Waals surface area contributed by atoms with Gasteiger partial charge in [-0.3, -0.25) is 9.59 Å². The van der Waals surface area contributed by atoms with E-state index in [-0.39, 0.29) is 30.5 Å². The van der Waals surface area contributed by atoms with Gasteiger partial charge in [0.05, 0.1) is 25.8 Å². The SMILES string of the molecule is CCn1c(CNC(=O)Cc2ccc(OC)cc2)nnc1SCC(=O)Nc1ccc(C)cc1. The first-order valence-electron chi connectivity index (χ1n) is 10.3. The second-order valence-corrected chi connectivity index (χ2v) is 8.09. The molecule has 3 rings (SSSR count). The molecule has 1 aromatic heterocycles. The Bertz CT molecular complexity index is 1050. The van der Waals surface area contributed by atoms with E-state index in [1.807, 2.05) is 66.9 Å². The molecular formula is C23H27N5O3S. The minimum absolute atomic E-state index is 0.104. The molecule has 0 radical (unpaired) electrons. The fourth-order valence-electron chi connectivity index (χ4n) is 3.01. The van der Waals surface area contributed by atoms with E-state index in [9.17, 15) is 9.59 Å². The van der Waals surface area contributed by atoms with Crippen LogP contribution in [0.15, 0.2) is 53.7 Å². The highest BCUT2D eigenvalue weighted by molar-refractivity contribution is 7.99. The lowest BCUT2D eigenvalue weighted by Gasteiger charge is -2.09. The smallest absolute Gasteiger partial charge is 0.234 e. The quantitative estimate of drug-likeness (QED) is 0.458. The third-order valence-corrected chi connectivity index (χ3v) is 5.71. The van der Waals surface area contributed by atoms with Crippen molar-refractivity contribution in [3.05, 3.63) is 65.5 Å². The maximum atomic E-state index is 12.3. The summed E-state index contributed by atoms with van der Waals surface area (Å²) >= 11 is 1.32. The van der Waals surface area contributed by atoms with Crippen molar-refractivity contribution < 1.29 is 14.3 Å². The number of aryl methyl sites for hydroxylation is 1. The van der Waals surface area contributed by atoms with E-state index >= 15 is 0 Å². The number of carbonyl (C=O) groups excluding carboxylic acids is 2. The number of ether oxygens (including phenoxy) is 1. The van der Waals surface area contributed by atoms with E-state index in [0.717, 1.165) is 22.6 Å². The number of rotatable bonds is 10. The van der Waals surface area contributed by atoms with Gasteiger partial charge in [-0.1, -0.05) is 41.6 Å². The Kier molecular flexibility index (Phi) is 8.27. The summed E-state index contributed by atoms with van der Waals surface area (Å²) in [5, 5.41) is 14.8. The standard InChI is InChI=1S/C23H27N5O3S/c1-4-28-20(14-24-21(29)13-17-7-11-19(31-3)12-8-17)26-27-23(28)32-15-22(30)25-18-9-5-16(2)6-10-18/h5-12H,4,13-15H2,1-3H3,(H,24,29)(H,25,30). The van der Waals surface area contributed by atoms with Crippen molar-refractivity contribution in [1.82, 2.24) is 20.1 Å². The van der Waals surface area contributed by atoms with E-state index in [2.05, 4.69) is 20.8 Å². The number of benzene rings is 2. The summed E-state index contributed by atoms with van der Waals surface area (Å²) in [5.74, 6) is 1.40. The lowest BCUT2D eigenvalue weighted by atomic mass is 10.1. The van der Waals surface area contributed by atoms with Gasteiger partial charge >= 0.3 is 0 Å². The van der Waals surface area contributed by atoms with Gasteiger partial charge in [0.15, 0.2) is 11.0 Å². The van der Waals surface area contributed by atoms with Gasteiger partial charge in [-0.25, -0.2) is 0 Å². The van der Waals surface area contributed by atoms with Crippen molar-refractivity contribution in [3.63, 3.8) is 0 Å². The molecule has 168 valence electrons. The Morgan fingerprint density at radius 2 is 1.75 bits per heavy atom. The molecule has 2 aromatic carbocycles. The zero-order valence-corrected chi connectivity index (χ0v) is 19.2. The zero-order valence-electron chi connectivity index (χ0n) is 18.4. The zero-order chi connectivity index (χ0) is 22.9. The van der Waals surface area contributed by atoms with Crippen molar-refractivity contribution in [3.8, 4) is 5.75 Å².